The SMILES string of the molecule is CCC(NC(=O)CCc1ccc(C)cc1C)c1ncc(-c2ccccc2)[nH]1. The summed E-state index contributed by atoms with van der Waals surface area (Å²) >= 11 is 0. The van der Waals surface area contributed by atoms with Crippen LogP contribution >= 0.6 is 0 Å². The summed E-state index contributed by atoms with van der Waals surface area (Å²) < 4.78 is 0. The number of aryl methyl sites for hydroxylation is 3. The number of hydrogen-bond donors (Lipinski definition) is 2. The Balaban J connectivity index is 1.61. The van der Waals surface area contributed by atoms with E-state index in [-0.39, 0.29) is 11.9 Å². The maximum atomic E-state index is 12.5. The number of H-pyrrole nitrogens is 1. The smallest absolute Gasteiger partial charge is 0.220 e. The molecule has 1 atom stereocenters. The number of nitrogens with zero attached hydrogens (tertiary/aromatic N) is 1. The molecule has 3 aromatic rings. The Labute approximate surface area is 161 Å². The van der Waals surface area contributed by atoms with E-state index in [1.807, 2.05) is 36.5 Å². The molecule has 140 valence electrons. The van der Waals surface area contributed by atoms with Gasteiger partial charge in [-0.3, -0.25) is 4.79 Å². The fourth-order valence-corrected chi connectivity index (χ4v) is 3.28. The number of amides is 1. The monoisotopic (exact) mass is 361 g/mol. The van der Waals surface area contributed by atoms with Crippen molar-refractivity contribution < 1.29 is 4.79 Å². The molecule has 1 amide bonds. The first-order valence-corrected chi connectivity index (χ1v) is 9.52. The van der Waals surface area contributed by atoms with Crippen molar-refractivity contribution in [3.05, 3.63) is 77.2 Å². The van der Waals surface area contributed by atoms with Crippen LogP contribution in [0.2, 0.25) is 0 Å². The number of nitrogens with one attached hydrogen (secondary N) is 2. The van der Waals surface area contributed by atoms with Gasteiger partial charge in [0.05, 0.1) is 17.9 Å². The molecule has 0 fully saturated rings. The lowest BCUT2D eigenvalue weighted by molar-refractivity contribution is -0.121. The van der Waals surface area contributed by atoms with Gasteiger partial charge in [0.2, 0.25) is 5.91 Å². The maximum Gasteiger partial charge on any atom is 0.220 e. The van der Waals surface area contributed by atoms with Crippen molar-refractivity contribution in [1.82, 2.24) is 15.3 Å². The van der Waals surface area contributed by atoms with E-state index in [9.17, 15) is 4.79 Å². The lowest BCUT2D eigenvalue weighted by Gasteiger charge is -2.15. The van der Waals surface area contributed by atoms with Gasteiger partial charge in [0.25, 0.3) is 0 Å². The van der Waals surface area contributed by atoms with Gasteiger partial charge in [-0.2, -0.15) is 0 Å². The average Bonchev–Trinajstić information content (AvgIpc) is 3.16. The molecule has 27 heavy (non-hydrogen) atoms. The molecule has 1 unspecified atom stereocenters. The summed E-state index contributed by atoms with van der Waals surface area (Å²) in [6.07, 6.45) is 3.85. The van der Waals surface area contributed by atoms with Crippen LogP contribution < -0.4 is 5.32 Å². The molecule has 0 aliphatic rings. The van der Waals surface area contributed by atoms with Crippen LogP contribution in [0, 0.1) is 13.8 Å². The van der Waals surface area contributed by atoms with Gasteiger partial charge in [-0.1, -0.05) is 61.0 Å². The Morgan fingerprint density at radius 2 is 1.93 bits per heavy atom. The number of rotatable bonds is 7. The molecule has 0 saturated heterocycles. The molecule has 4 nitrogen and oxygen atoms in total. The van der Waals surface area contributed by atoms with E-state index in [1.54, 1.807) is 0 Å². The van der Waals surface area contributed by atoms with Crippen molar-refractivity contribution in [2.24, 2.45) is 0 Å². The van der Waals surface area contributed by atoms with Gasteiger partial charge in [0.1, 0.15) is 5.82 Å². The summed E-state index contributed by atoms with van der Waals surface area (Å²) in [6, 6.07) is 16.4. The second-order valence-corrected chi connectivity index (χ2v) is 7.01. The van der Waals surface area contributed by atoms with Gasteiger partial charge < -0.3 is 10.3 Å². The van der Waals surface area contributed by atoms with Crippen LogP contribution in [0.15, 0.2) is 54.7 Å². The molecule has 0 bridgehead atoms. The number of hydrogen-bond acceptors (Lipinski definition) is 2. The van der Waals surface area contributed by atoms with E-state index >= 15 is 0 Å². The number of aromatic amines is 1. The predicted octanol–water partition coefficient (Wildman–Crippen LogP) is 4.89. The molecular weight excluding hydrogens is 334 g/mol. The standard InChI is InChI=1S/C23H27N3O/c1-4-20(23-24-15-21(26-23)19-8-6-5-7-9-19)25-22(27)13-12-18-11-10-16(2)14-17(18)3/h5-11,14-15,20H,4,12-13H2,1-3H3,(H,24,26)(H,25,27). The van der Waals surface area contributed by atoms with Crippen molar-refractivity contribution in [2.75, 3.05) is 0 Å². The summed E-state index contributed by atoms with van der Waals surface area (Å²) in [5.41, 5.74) is 5.78. The number of carbonyl (C=O) groups is 1. The first-order valence-electron chi connectivity index (χ1n) is 9.52. The maximum absolute atomic E-state index is 12.5. The van der Waals surface area contributed by atoms with E-state index < -0.39 is 0 Å². The lowest BCUT2D eigenvalue weighted by atomic mass is 10.0. The van der Waals surface area contributed by atoms with E-state index in [4.69, 9.17) is 0 Å². The zero-order chi connectivity index (χ0) is 19.2. The third kappa shape index (κ3) is 4.85. The quantitative estimate of drug-likeness (QED) is 0.629. The normalized spacial score (nSPS) is 12.0. The minimum Gasteiger partial charge on any atom is -0.346 e. The first-order chi connectivity index (χ1) is 13.1. The van der Waals surface area contributed by atoms with Crippen LogP contribution in [-0.4, -0.2) is 15.9 Å². The number of imidazole rings is 1. The van der Waals surface area contributed by atoms with Crippen LogP contribution in [0.1, 0.15) is 48.3 Å². The van der Waals surface area contributed by atoms with Crippen molar-refractivity contribution in [2.45, 2.75) is 46.1 Å². The summed E-state index contributed by atoms with van der Waals surface area (Å²) in [4.78, 5) is 20.3. The van der Waals surface area contributed by atoms with Crippen LogP contribution in [-0.2, 0) is 11.2 Å². The van der Waals surface area contributed by atoms with Gasteiger partial charge in [-0.15, -0.1) is 0 Å². The highest BCUT2D eigenvalue weighted by molar-refractivity contribution is 5.76. The van der Waals surface area contributed by atoms with E-state index in [0.717, 1.165) is 29.9 Å². The van der Waals surface area contributed by atoms with Crippen molar-refractivity contribution in [3.63, 3.8) is 0 Å². The second kappa shape index (κ2) is 8.67. The van der Waals surface area contributed by atoms with E-state index in [2.05, 4.69) is 54.3 Å². The van der Waals surface area contributed by atoms with Gasteiger partial charge in [-0.25, -0.2) is 4.98 Å². The highest BCUT2D eigenvalue weighted by atomic mass is 16.1. The average molecular weight is 361 g/mol. The molecule has 0 aliphatic carbocycles. The third-order valence-corrected chi connectivity index (χ3v) is 4.87. The van der Waals surface area contributed by atoms with E-state index in [1.165, 1.54) is 16.7 Å². The van der Waals surface area contributed by atoms with Gasteiger partial charge in [0, 0.05) is 6.42 Å². The third-order valence-electron chi connectivity index (χ3n) is 4.87. The highest BCUT2D eigenvalue weighted by Crippen LogP contribution is 2.20. The molecule has 0 radical (unpaired) electrons. The van der Waals surface area contributed by atoms with Crippen molar-refractivity contribution >= 4 is 5.91 Å². The van der Waals surface area contributed by atoms with Crippen LogP contribution in [0.4, 0.5) is 0 Å². The van der Waals surface area contributed by atoms with Gasteiger partial charge in [0.15, 0.2) is 0 Å². The van der Waals surface area contributed by atoms with Gasteiger partial charge >= 0.3 is 0 Å². The molecule has 1 heterocycles. The summed E-state index contributed by atoms with van der Waals surface area (Å²) in [7, 11) is 0. The summed E-state index contributed by atoms with van der Waals surface area (Å²) in [5, 5.41) is 3.12. The van der Waals surface area contributed by atoms with Crippen molar-refractivity contribution in [3.8, 4) is 11.3 Å². The zero-order valence-corrected chi connectivity index (χ0v) is 16.3. The molecule has 4 heteroatoms. The fourth-order valence-electron chi connectivity index (χ4n) is 3.28. The van der Waals surface area contributed by atoms with E-state index in [0.29, 0.717) is 6.42 Å². The molecule has 0 saturated carbocycles. The topological polar surface area (TPSA) is 57.8 Å². The summed E-state index contributed by atoms with van der Waals surface area (Å²) in [6.45, 7) is 6.24. The Kier molecular flexibility index (Phi) is 6.07. The molecule has 3 rings (SSSR count). The highest BCUT2D eigenvalue weighted by Gasteiger charge is 2.16. The Morgan fingerprint density at radius 1 is 1.15 bits per heavy atom. The predicted molar refractivity (Wildman–Crippen MR) is 109 cm³/mol. The van der Waals surface area contributed by atoms with Crippen LogP contribution in [0.5, 0.6) is 0 Å². The zero-order valence-electron chi connectivity index (χ0n) is 16.3. The number of benzene rings is 2. The first kappa shape index (κ1) is 18.9. The largest absolute Gasteiger partial charge is 0.346 e. The number of carbonyl (C=O) groups excluding carboxylic acids is 1. The lowest BCUT2D eigenvalue weighted by Crippen LogP contribution is -2.29. The minimum absolute atomic E-state index is 0.0551. The van der Waals surface area contributed by atoms with Crippen molar-refractivity contribution in [1.29, 1.82) is 0 Å². The Morgan fingerprint density at radius 3 is 2.63 bits per heavy atom. The molecule has 1 aromatic heterocycles. The Hall–Kier alpha value is -2.88. The molecular formula is C23H27N3O. The fraction of sp³-hybridized carbons (Fsp3) is 0.304. The van der Waals surface area contributed by atoms with Crippen LogP contribution in [0.3, 0.4) is 0 Å². The van der Waals surface area contributed by atoms with Crippen LogP contribution in [0.25, 0.3) is 11.3 Å². The van der Waals surface area contributed by atoms with Gasteiger partial charge in [-0.05, 0) is 43.4 Å². The second-order valence-electron chi connectivity index (χ2n) is 7.01. The molecule has 2 aromatic carbocycles. The minimum atomic E-state index is -0.103. The molecule has 0 spiro atoms. The summed E-state index contributed by atoms with van der Waals surface area (Å²) in [5.74, 6) is 0.857. The molecule has 2 N–H and O–H groups in total. The Bertz CT molecular complexity index is 899. The number of aromatic nitrogens is 2. The molecule has 0 aliphatic heterocycles.